The first-order valence-corrected chi connectivity index (χ1v) is 7.17. The molecule has 7 heteroatoms. The lowest BCUT2D eigenvalue weighted by molar-refractivity contribution is 0.0253. The lowest BCUT2D eigenvalue weighted by Crippen LogP contribution is -2.45. The number of ether oxygens (including phenoxy) is 1. The van der Waals surface area contributed by atoms with Gasteiger partial charge in [-0.1, -0.05) is 6.07 Å². The highest BCUT2D eigenvalue weighted by molar-refractivity contribution is 5.74. The van der Waals surface area contributed by atoms with Gasteiger partial charge in [-0.3, -0.25) is 0 Å². The molecule has 1 aliphatic carbocycles. The zero-order valence-electron chi connectivity index (χ0n) is 12.3. The molecule has 0 radical (unpaired) electrons. The Morgan fingerprint density at radius 1 is 1.45 bits per heavy atom. The predicted molar refractivity (Wildman–Crippen MR) is 76.2 cm³/mol. The molecule has 0 aliphatic heterocycles. The molecular formula is C15H20F2N2O3. The quantitative estimate of drug-likeness (QED) is 0.700. The summed E-state index contributed by atoms with van der Waals surface area (Å²) in [6.45, 7) is 0.694. The summed E-state index contributed by atoms with van der Waals surface area (Å²) in [6, 6.07) is 2.22. The first-order valence-electron chi connectivity index (χ1n) is 7.17. The van der Waals surface area contributed by atoms with Crippen molar-refractivity contribution < 1.29 is 23.4 Å². The van der Waals surface area contributed by atoms with Gasteiger partial charge >= 0.3 is 6.03 Å². The highest BCUT2D eigenvalue weighted by Crippen LogP contribution is 2.38. The van der Waals surface area contributed by atoms with Gasteiger partial charge in [0, 0.05) is 25.3 Å². The van der Waals surface area contributed by atoms with Crippen molar-refractivity contribution in [3.05, 3.63) is 35.4 Å². The zero-order chi connectivity index (χ0) is 16.1. The largest absolute Gasteiger partial charge is 0.393 e. The number of hydrogen-bond donors (Lipinski definition) is 3. The average Bonchev–Trinajstić information content (AvgIpc) is 2.42. The Labute approximate surface area is 127 Å². The van der Waals surface area contributed by atoms with Gasteiger partial charge in [0.05, 0.1) is 18.8 Å². The molecule has 0 spiro atoms. The first-order chi connectivity index (χ1) is 10.5. The molecular weight excluding hydrogens is 294 g/mol. The molecule has 2 amide bonds. The fourth-order valence-electron chi connectivity index (χ4n) is 2.56. The van der Waals surface area contributed by atoms with Crippen LogP contribution in [0.3, 0.4) is 0 Å². The fraction of sp³-hybridized carbons (Fsp3) is 0.533. The van der Waals surface area contributed by atoms with E-state index in [2.05, 4.69) is 10.6 Å². The van der Waals surface area contributed by atoms with Gasteiger partial charge < -0.3 is 20.5 Å². The van der Waals surface area contributed by atoms with Crippen molar-refractivity contribution in [2.24, 2.45) is 5.92 Å². The van der Waals surface area contributed by atoms with Crippen LogP contribution < -0.4 is 10.6 Å². The van der Waals surface area contributed by atoms with Crippen LogP contribution in [-0.4, -0.2) is 37.5 Å². The Balaban J connectivity index is 2.08. The smallest absolute Gasteiger partial charge is 0.315 e. The van der Waals surface area contributed by atoms with Crippen molar-refractivity contribution in [1.82, 2.24) is 10.6 Å². The van der Waals surface area contributed by atoms with Gasteiger partial charge in [-0.25, -0.2) is 13.6 Å². The number of nitrogens with one attached hydrogen (secondary N) is 2. The Kier molecular flexibility index (Phi) is 5.68. The third-order valence-electron chi connectivity index (χ3n) is 3.80. The van der Waals surface area contributed by atoms with Crippen molar-refractivity contribution in [2.45, 2.75) is 25.0 Å². The third-order valence-corrected chi connectivity index (χ3v) is 3.80. The zero-order valence-corrected chi connectivity index (χ0v) is 12.3. The summed E-state index contributed by atoms with van der Waals surface area (Å²) in [6.07, 6.45) is 0.508. The lowest BCUT2D eigenvalue weighted by Gasteiger charge is -2.38. The molecule has 1 aliphatic rings. The van der Waals surface area contributed by atoms with Crippen LogP contribution in [0, 0.1) is 17.6 Å². The second-order valence-electron chi connectivity index (χ2n) is 5.42. The number of benzene rings is 1. The van der Waals surface area contributed by atoms with Crippen molar-refractivity contribution in [3.8, 4) is 0 Å². The van der Waals surface area contributed by atoms with Crippen molar-refractivity contribution in [3.63, 3.8) is 0 Å². The molecule has 2 rings (SSSR count). The number of carbonyl (C=O) groups is 1. The highest BCUT2D eigenvalue weighted by atomic mass is 19.1. The summed E-state index contributed by atoms with van der Waals surface area (Å²) in [5.41, 5.74) is 0.222. The van der Waals surface area contributed by atoms with Crippen LogP contribution in [0.15, 0.2) is 18.2 Å². The Morgan fingerprint density at radius 2 is 2.18 bits per heavy atom. The number of aliphatic hydroxyl groups excluding tert-OH is 1. The van der Waals surface area contributed by atoms with E-state index in [0.29, 0.717) is 26.0 Å². The normalized spacial score (nSPS) is 21.8. The second-order valence-corrected chi connectivity index (χ2v) is 5.42. The van der Waals surface area contributed by atoms with Gasteiger partial charge in [-0.05, 0) is 24.8 Å². The van der Waals surface area contributed by atoms with Gasteiger partial charge in [-0.2, -0.15) is 0 Å². The Bertz CT molecular complexity index is 522. The van der Waals surface area contributed by atoms with E-state index in [1.807, 2.05) is 0 Å². The van der Waals surface area contributed by atoms with E-state index in [-0.39, 0.29) is 11.5 Å². The lowest BCUT2D eigenvalue weighted by atomic mass is 9.75. The minimum atomic E-state index is -0.705. The number of methoxy groups -OCH3 is 1. The molecule has 5 nitrogen and oxygen atoms in total. The maximum Gasteiger partial charge on any atom is 0.315 e. The minimum absolute atomic E-state index is 0.0804. The molecule has 1 fully saturated rings. The number of carbonyl (C=O) groups excluding carboxylic acids is 1. The number of urea groups is 1. The summed E-state index contributed by atoms with van der Waals surface area (Å²) in [5.74, 6) is -1.45. The summed E-state index contributed by atoms with van der Waals surface area (Å²) in [7, 11) is 1.52. The van der Waals surface area contributed by atoms with Gasteiger partial charge in [0.2, 0.25) is 0 Å². The molecule has 0 heterocycles. The van der Waals surface area contributed by atoms with E-state index >= 15 is 0 Å². The standard InChI is InChI=1S/C15H20F2N2O3/c1-22-5-4-18-15(21)19-14(9-6-11(20)7-9)12-3-2-10(16)8-13(12)17/h2-3,8-9,11,14,20H,4-7H2,1H3,(H2,18,19,21). The number of halogens is 2. The molecule has 0 saturated heterocycles. The topological polar surface area (TPSA) is 70.6 Å². The van der Waals surface area contributed by atoms with Crippen LogP contribution in [0.25, 0.3) is 0 Å². The number of rotatable bonds is 6. The average molecular weight is 314 g/mol. The Morgan fingerprint density at radius 3 is 2.77 bits per heavy atom. The fourth-order valence-corrected chi connectivity index (χ4v) is 2.56. The second kappa shape index (κ2) is 7.51. The molecule has 1 unspecified atom stereocenters. The molecule has 22 heavy (non-hydrogen) atoms. The third kappa shape index (κ3) is 4.14. The molecule has 0 aromatic heterocycles. The maximum absolute atomic E-state index is 14.0. The van der Waals surface area contributed by atoms with Gasteiger partial charge in [0.1, 0.15) is 11.6 Å². The van der Waals surface area contributed by atoms with E-state index in [1.54, 1.807) is 0 Å². The first kappa shape index (κ1) is 16.6. The van der Waals surface area contributed by atoms with Crippen molar-refractivity contribution >= 4 is 6.03 Å². The summed E-state index contributed by atoms with van der Waals surface area (Å²) in [4.78, 5) is 11.9. The molecule has 1 atom stereocenters. The van der Waals surface area contributed by atoms with E-state index in [9.17, 15) is 18.7 Å². The maximum atomic E-state index is 14.0. The van der Waals surface area contributed by atoms with Gasteiger partial charge in [0.25, 0.3) is 0 Å². The van der Waals surface area contributed by atoms with E-state index in [1.165, 1.54) is 13.2 Å². The van der Waals surface area contributed by atoms with E-state index < -0.39 is 29.8 Å². The summed E-state index contributed by atoms with van der Waals surface area (Å²) in [5, 5.41) is 14.7. The molecule has 1 aromatic carbocycles. The molecule has 122 valence electrons. The molecule has 0 bridgehead atoms. The van der Waals surface area contributed by atoms with Crippen LogP contribution in [0.1, 0.15) is 24.4 Å². The SMILES string of the molecule is COCCNC(=O)NC(c1ccc(F)cc1F)C1CC(O)C1. The van der Waals surface area contributed by atoms with Crippen LogP contribution in [0.4, 0.5) is 13.6 Å². The van der Waals surface area contributed by atoms with Gasteiger partial charge in [-0.15, -0.1) is 0 Å². The Hall–Kier alpha value is -1.73. The highest BCUT2D eigenvalue weighted by Gasteiger charge is 2.36. The van der Waals surface area contributed by atoms with Crippen LogP contribution in [0.5, 0.6) is 0 Å². The number of amides is 2. The van der Waals surface area contributed by atoms with Crippen LogP contribution in [-0.2, 0) is 4.74 Å². The molecule has 1 aromatic rings. The summed E-state index contributed by atoms with van der Waals surface area (Å²) < 4.78 is 31.9. The van der Waals surface area contributed by atoms with Gasteiger partial charge in [0.15, 0.2) is 0 Å². The minimum Gasteiger partial charge on any atom is -0.393 e. The van der Waals surface area contributed by atoms with Crippen molar-refractivity contribution in [2.75, 3.05) is 20.3 Å². The number of hydrogen-bond acceptors (Lipinski definition) is 3. The number of aliphatic hydroxyl groups is 1. The monoisotopic (exact) mass is 314 g/mol. The van der Waals surface area contributed by atoms with E-state index in [4.69, 9.17) is 4.74 Å². The summed E-state index contributed by atoms with van der Waals surface area (Å²) >= 11 is 0. The van der Waals surface area contributed by atoms with Crippen molar-refractivity contribution in [1.29, 1.82) is 0 Å². The predicted octanol–water partition coefficient (Wildman–Crippen LogP) is 1.72. The van der Waals surface area contributed by atoms with E-state index in [0.717, 1.165) is 12.1 Å². The van der Waals surface area contributed by atoms with Crippen LogP contribution >= 0.6 is 0 Å². The van der Waals surface area contributed by atoms with Crippen LogP contribution in [0.2, 0.25) is 0 Å². The molecule has 3 N–H and O–H groups in total. The molecule has 1 saturated carbocycles.